The molecule has 1 aromatic carbocycles. The molecule has 0 saturated heterocycles. The fourth-order valence-corrected chi connectivity index (χ4v) is 3.72. The highest BCUT2D eigenvalue weighted by molar-refractivity contribution is 9.10. The number of hydrogen-bond acceptors (Lipinski definition) is 2. The van der Waals surface area contributed by atoms with Crippen LogP contribution in [0.15, 0.2) is 34.8 Å². The first-order valence-electron chi connectivity index (χ1n) is 6.36. The minimum atomic E-state index is 0.216. The zero-order valence-corrected chi connectivity index (χ0v) is 14.2. The van der Waals surface area contributed by atoms with Gasteiger partial charge in [0, 0.05) is 9.35 Å². The van der Waals surface area contributed by atoms with E-state index in [1.54, 1.807) is 11.3 Å². The first-order chi connectivity index (χ1) is 9.11. The maximum Gasteiger partial charge on any atom is 0.0961 e. The van der Waals surface area contributed by atoms with Gasteiger partial charge in [-0.15, -0.1) is 11.3 Å². The minimum absolute atomic E-state index is 0.216. The Bertz CT molecular complexity index is 533. The molecule has 0 aliphatic carbocycles. The standard InChI is InChI=1S/C15H17BrClNS/c1-3-7-18-14(11-5-4-6-12(16)9-11)13-8-10(2)15(17)19-13/h4-6,8-9,14,18H,3,7H2,1-2H3. The summed E-state index contributed by atoms with van der Waals surface area (Å²) in [6.45, 7) is 5.23. The molecule has 0 fully saturated rings. The Morgan fingerprint density at radius 1 is 1.37 bits per heavy atom. The molecule has 1 heterocycles. The van der Waals surface area contributed by atoms with E-state index in [0.717, 1.165) is 27.3 Å². The molecular weight excluding hydrogens is 342 g/mol. The predicted octanol–water partition coefficient (Wildman–Crippen LogP) is 5.56. The van der Waals surface area contributed by atoms with Gasteiger partial charge in [0.15, 0.2) is 0 Å². The highest BCUT2D eigenvalue weighted by atomic mass is 79.9. The van der Waals surface area contributed by atoms with Gasteiger partial charge in [0.05, 0.1) is 10.4 Å². The van der Waals surface area contributed by atoms with Crippen LogP contribution in [-0.4, -0.2) is 6.54 Å². The molecule has 1 unspecified atom stereocenters. The normalized spacial score (nSPS) is 12.6. The molecular formula is C15H17BrClNS. The molecule has 1 nitrogen and oxygen atoms in total. The summed E-state index contributed by atoms with van der Waals surface area (Å²) < 4.78 is 1.99. The lowest BCUT2D eigenvalue weighted by Gasteiger charge is -2.18. The van der Waals surface area contributed by atoms with E-state index in [0.29, 0.717) is 0 Å². The van der Waals surface area contributed by atoms with Gasteiger partial charge in [-0.25, -0.2) is 0 Å². The van der Waals surface area contributed by atoms with E-state index in [2.05, 4.69) is 59.4 Å². The van der Waals surface area contributed by atoms with E-state index in [4.69, 9.17) is 11.6 Å². The van der Waals surface area contributed by atoms with Gasteiger partial charge >= 0.3 is 0 Å². The third-order valence-electron chi connectivity index (χ3n) is 2.94. The van der Waals surface area contributed by atoms with E-state index < -0.39 is 0 Å². The van der Waals surface area contributed by atoms with Gasteiger partial charge in [-0.2, -0.15) is 0 Å². The molecule has 1 atom stereocenters. The number of benzene rings is 1. The lowest BCUT2D eigenvalue weighted by molar-refractivity contribution is 0.605. The first kappa shape index (κ1) is 15.0. The summed E-state index contributed by atoms with van der Waals surface area (Å²) in [4.78, 5) is 1.27. The number of nitrogens with one attached hydrogen (secondary N) is 1. The second-order valence-corrected chi connectivity index (χ2v) is 7.15. The molecule has 1 aromatic heterocycles. The molecule has 102 valence electrons. The van der Waals surface area contributed by atoms with Crippen LogP contribution in [0.1, 0.15) is 35.4 Å². The molecule has 0 amide bonds. The molecule has 0 spiro atoms. The molecule has 0 aliphatic heterocycles. The van der Waals surface area contributed by atoms with Gasteiger partial charge in [-0.3, -0.25) is 0 Å². The van der Waals surface area contributed by atoms with Crippen molar-refractivity contribution in [1.82, 2.24) is 5.32 Å². The van der Waals surface area contributed by atoms with Crippen LogP contribution in [0.3, 0.4) is 0 Å². The molecule has 0 aliphatic rings. The third-order valence-corrected chi connectivity index (χ3v) is 5.05. The highest BCUT2D eigenvalue weighted by Gasteiger charge is 2.17. The Hall–Kier alpha value is -0.350. The van der Waals surface area contributed by atoms with Crippen molar-refractivity contribution in [3.63, 3.8) is 0 Å². The molecule has 4 heteroatoms. The van der Waals surface area contributed by atoms with Crippen LogP contribution < -0.4 is 5.32 Å². The molecule has 0 radical (unpaired) electrons. The van der Waals surface area contributed by atoms with Crippen LogP contribution in [0.4, 0.5) is 0 Å². The van der Waals surface area contributed by atoms with Gasteiger partial charge in [0.25, 0.3) is 0 Å². The lowest BCUT2D eigenvalue weighted by Crippen LogP contribution is -2.22. The fourth-order valence-electron chi connectivity index (χ4n) is 1.98. The molecule has 0 saturated carbocycles. The van der Waals surface area contributed by atoms with Crippen molar-refractivity contribution in [3.8, 4) is 0 Å². The zero-order chi connectivity index (χ0) is 13.8. The number of hydrogen-bond donors (Lipinski definition) is 1. The Labute approximate surface area is 132 Å². The number of aryl methyl sites for hydroxylation is 1. The van der Waals surface area contributed by atoms with Crippen LogP contribution in [0, 0.1) is 6.92 Å². The van der Waals surface area contributed by atoms with Crippen molar-refractivity contribution < 1.29 is 0 Å². The van der Waals surface area contributed by atoms with E-state index in [9.17, 15) is 0 Å². The summed E-state index contributed by atoms with van der Waals surface area (Å²) in [5, 5.41) is 3.60. The number of halogens is 2. The van der Waals surface area contributed by atoms with E-state index >= 15 is 0 Å². The van der Waals surface area contributed by atoms with Gasteiger partial charge in [-0.1, -0.05) is 46.6 Å². The van der Waals surface area contributed by atoms with E-state index in [-0.39, 0.29) is 6.04 Å². The predicted molar refractivity (Wildman–Crippen MR) is 88.3 cm³/mol. The van der Waals surface area contributed by atoms with Gasteiger partial charge in [-0.05, 0) is 49.2 Å². The van der Waals surface area contributed by atoms with Crippen molar-refractivity contribution in [2.24, 2.45) is 0 Å². The number of rotatable bonds is 5. The second-order valence-electron chi connectivity index (χ2n) is 4.55. The average molecular weight is 359 g/mol. The van der Waals surface area contributed by atoms with Crippen LogP contribution in [0.5, 0.6) is 0 Å². The Kier molecular flexibility index (Phi) is 5.46. The van der Waals surface area contributed by atoms with Crippen molar-refractivity contribution in [2.75, 3.05) is 6.54 Å². The summed E-state index contributed by atoms with van der Waals surface area (Å²) >= 11 is 11.4. The Morgan fingerprint density at radius 3 is 2.74 bits per heavy atom. The summed E-state index contributed by atoms with van der Waals surface area (Å²) in [5.74, 6) is 0. The van der Waals surface area contributed by atoms with Gasteiger partial charge in [0.2, 0.25) is 0 Å². The molecule has 19 heavy (non-hydrogen) atoms. The lowest BCUT2D eigenvalue weighted by atomic mass is 10.0. The summed E-state index contributed by atoms with van der Waals surface area (Å²) in [6.07, 6.45) is 1.11. The Balaban J connectivity index is 2.35. The summed E-state index contributed by atoms with van der Waals surface area (Å²) in [5.41, 5.74) is 2.42. The van der Waals surface area contributed by atoms with Crippen molar-refractivity contribution >= 4 is 38.9 Å². The smallest absolute Gasteiger partial charge is 0.0961 e. The monoisotopic (exact) mass is 357 g/mol. The van der Waals surface area contributed by atoms with Crippen LogP contribution in [0.25, 0.3) is 0 Å². The van der Waals surface area contributed by atoms with E-state index in [1.807, 2.05) is 6.07 Å². The maximum absolute atomic E-state index is 6.21. The number of thiophene rings is 1. The second kappa shape index (κ2) is 6.89. The van der Waals surface area contributed by atoms with Crippen LogP contribution >= 0.6 is 38.9 Å². The Morgan fingerprint density at radius 2 is 2.16 bits per heavy atom. The molecule has 2 rings (SSSR count). The third kappa shape index (κ3) is 3.82. The largest absolute Gasteiger partial charge is 0.306 e. The van der Waals surface area contributed by atoms with Crippen molar-refractivity contribution in [3.05, 3.63) is 55.1 Å². The summed E-state index contributed by atoms with van der Waals surface area (Å²) in [6, 6.07) is 10.8. The van der Waals surface area contributed by atoms with Gasteiger partial charge in [0.1, 0.15) is 0 Å². The summed E-state index contributed by atoms with van der Waals surface area (Å²) in [7, 11) is 0. The fraction of sp³-hybridized carbons (Fsp3) is 0.333. The average Bonchev–Trinajstić information content (AvgIpc) is 2.70. The van der Waals surface area contributed by atoms with Gasteiger partial charge < -0.3 is 5.32 Å². The quantitative estimate of drug-likeness (QED) is 0.737. The molecule has 2 aromatic rings. The van der Waals surface area contributed by atoms with Crippen LogP contribution in [0.2, 0.25) is 4.34 Å². The van der Waals surface area contributed by atoms with Crippen molar-refractivity contribution in [2.45, 2.75) is 26.3 Å². The topological polar surface area (TPSA) is 12.0 Å². The zero-order valence-electron chi connectivity index (χ0n) is 11.0. The van der Waals surface area contributed by atoms with E-state index in [1.165, 1.54) is 10.4 Å². The van der Waals surface area contributed by atoms with Crippen LogP contribution in [-0.2, 0) is 0 Å². The highest BCUT2D eigenvalue weighted by Crippen LogP contribution is 2.34. The minimum Gasteiger partial charge on any atom is -0.306 e. The molecule has 0 bridgehead atoms. The first-order valence-corrected chi connectivity index (χ1v) is 8.35. The molecule has 1 N–H and O–H groups in total. The maximum atomic E-state index is 6.21. The van der Waals surface area contributed by atoms with Crippen molar-refractivity contribution in [1.29, 1.82) is 0 Å². The SMILES string of the molecule is CCCNC(c1cccc(Br)c1)c1cc(C)c(Cl)s1.